The predicted molar refractivity (Wildman–Crippen MR) is 103 cm³/mol. The molecule has 2 aromatic rings. The number of carbonyl (C=O) groups excluding carboxylic acids is 2. The number of ether oxygens (including phenoxy) is 1. The average Bonchev–Trinajstić information content (AvgIpc) is 3.39. The Labute approximate surface area is 153 Å². The molecule has 5 nitrogen and oxygen atoms in total. The van der Waals surface area contributed by atoms with E-state index in [0.717, 1.165) is 22.4 Å². The van der Waals surface area contributed by atoms with Gasteiger partial charge in [-0.1, -0.05) is 23.8 Å². The molecule has 1 aliphatic carbocycles. The lowest BCUT2D eigenvalue weighted by atomic mass is 10.0. The zero-order chi connectivity index (χ0) is 18.9. The number of anilines is 2. The molecule has 0 bridgehead atoms. The second-order valence-electron chi connectivity index (χ2n) is 7.01. The molecule has 136 valence electrons. The van der Waals surface area contributed by atoms with E-state index in [1.165, 1.54) is 0 Å². The van der Waals surface area contributed by atoms with Crippen LogP contribution in [0.4, 0.5) is 11.4 Å². The van der Waals surface area contributed by atoms with Crippen molar-refractivity contribution in [3.05, 3.63) is 53.1 Å². The summed E-state index contributed by atoms with van der Waals surface area (Å²) in [6.07, 6.45) is 1.09. The zero-order valence-electron chi connectivity index (χ0n) is 15.6. The molecule has 0 saturated heterocycles. The van der Waals surface area contributed by atoms with Crippen molar-refractivity contribution < 1.29 is 14.3 Å². The smallest absolute Gasteiger partial charge is 0.240 e. The second-order valence-corrected chi connectivity index (χ2v) is 7.01. The van der Waals surface area contributed by atoms with Crippen molar-refractivity contribution in [2.75, 3.05) is 17.7 Å². The van der Waals surface area contributed by atoms with Gasteiger partial charge in [0.05, 0.1) is 12.8 Å². The number of nitrogens with one attached hydrogen (secondary N) is 2. The second kappa shape index (κ2) is 6.83. The van der Waals surface area contributed by atoms with Crippen LogP contribution in [0, 0.1) is 26.2 Å². The number of hydrogen-bond acceptors (Lipinski definition) is 3. The van der Waals surface area contributed by atoms with Gasteiger partial charge in [0.25, 0.3) is 0 Å². The third-order valence-corrected chi connectivity index (χ3v) is 4.85. The third-order valence-electron chi connectivity index (χ3n) is 4.85. The van der Waals surface area contributed by atoms with Gasteiger partial charge < -0.3 is 15.4 Å². The van der Waals surface area contributed by atoms with Crippen LogP contribution in [0.1, 0.15) is 29.5 Å². The third kappa shape index (κ3) is 3.43. The molecule has 0 radical (unpaired) electrons. The van der Waals surface area contributed by atoms with Crippen LogP contribution in [0.3, 0.4) is 0 Å². The molecule has 0 unspecified atom stereocenters. The van der Waals surface area contributed by atoms with E-state index >= 15 is 0 Å². The van der Waals surface area contributed by atoms with Gasteiger partial charge >= 0.3 is 0 Å². The van der Waals surface area contributed by atoms with Crippen LogP contribution in [0.15, 0.2) is 36.4 Å². The highest BCUT2D eigenvalue weighted by Crippen LogP contribution is 2.48. The van der Waals surface area contributed by atoms with Crippen molar-refractivity contribution in [3.63, 3.8) is 0 Å². The van der Waals surface area contributed by atoms with Gasteiger partial charge in [-0.15, -0.1) is 0 Å². The van der Waals surface area contributed by atoms with E-state index in [1.54, 1.807) is 13.2 Å². The topological polar surface area (TPSA) is 67.4 Å². The lowest BCUT2D eigenvalue weighted by Crippen LogP contribution is -2.35. The van der Waals surface area contributed by atoms with Gasteiger partial charge in [-0.2, -0.15) is 0 Å². The van der Waals surface area contributed by atoms with Gasteiger partial charge in [0, 0.05) is 5.69 Å². The summed E-state index contributed by atoms with van der Waals surface area (Å²) in [6.45, 7) is 5.89. The monoisotopic (exact) mass is 352 g/mol. The quantitative estimate of drug-likeness (QED) is 0.800. The molecule has 0 heterocycles. The Balaban J connectivity index is 1.77. The Morgan fingerprint density at radius 3 is 2.04 bits per heavy atom. The minimum Gasteiger partial charge on any atom is -0.495 e. The molecule has 1 aliphatic rings. The number of aryl methyl sites for hydroxylation is 3. The summed E-state index contributed by atoms with van der Waals surface area (Å²) in [5.41, 5.74) is 3.44. The Kier molecular flexibility index (Phi) is 4.72. The first-order valence-electron chi connectivity index (χ1n) is 8.70. The normalized spacial score (nSPS) is 14.5. The Bertz CT molecular complexity index is 870. The number of benzene rings is 2. The van der Waals surface area contributed by atoms with Crippen molar-refractivity contribution in [1.29, 1.82) is 0 Å². The zero-order valence-corrected chi connectivity index (χ0v) is 15.6. The van der Waals surface area contributed by atoms with Crippen LogP contribution in [0.25, 0.3) is 0 Å². The van der Waals surface area contributed by atoms with Crippen molar-refractivity contribution in [1.82, 2.24) is 0 Å². The highest BCUT2D eigenvalue weighted by molar-refractivity contribution is 6.17. The minimum atomic E-state index is -1.01. The predicted octanol–water partition coefficient (Wildman–Crippen LogP) is 3.98. The van der Waals surface area contributed by atoms with Crippen LogP contribution in [0.5, 0.6) is 5.75 Å². The van der Waals surface area contributed by atoms with E-state index in [4.69, 9.17) is 4.74 Å². The molecule has 26 heavy (non-hydrogen) atoms. The maximum absolute atomic E-state index is 12.8. The lowest BCUT2D eigenvalue weighted by Gasteiger charge is -2.18. The Morgan fingerprint density at radius 2 is 1.46 bits per heavy atom. The van der Waals surface area contributed by atoms with Crippen LogP contribution >= 0.6 is 0 Å². The van der Waals surface area contributed by atoms with E-state index in [1.807, 2.05) is 51.1 Å². The molecule has 1 saturated carbocycles. The van der Waals surface area contributed by atoms with Gasteiger partial charge in [0.1, 0.15) is 11.2 Å². The van der Waals surface area contributed by atoms with Gasteiger partial charge in [-0.25, -0.2) is 0 Å². The molecule has 0 aliphatic heterocycles. The Morgan fingerprint density at radius 1 is 0.885 bits per heavy atom. The van der Waals surface area contributed by atoms with E-state index in [-0.39, 0.29) is 11.8 Å². The minimum absolute atomic E-state index is 0.256. The number of hydrogen-bond donors (Lipinski definition) is 2. The molecule has 0 aromatic heterocycles. The van der Waals surface area contributed by atoms with Gasteiger partial charge in [0.15, 0.2) is 0 Å². The fourth-order valence-corrected chi connectivity index (χ4v) is 3.04. The number of amides is 2. The molecule has 1 fully saturated rings. The van der Waals surface area contributed by atoms with E-state index in [2.05, 4.69) is 10.6 Å². The van der Waals surface area contributed by atoms with Crippen LogP contribution in [0.2, 0.25) is 0 Å². The van der Waals surface area contributed by atoms with E-state index in [9.17, 15) is 9.59 Å². The SMILES string of the molecule is COc1ccc(C)cc1NC(=O)C1(C(=O)Nc2ccc(C)cc2C)CC1. The molecular weight excluding hydrogens is 328 g/mol. The largest absolute Gasteiger partial charge is 0.495 e. The summed E-state index contributed by atoms with van der Waals surface area (Å²) in [5.74, 6) is 0.0341. The lowest BCUT2D eigenvalue weighted by molar-refractivity contribution is -0.131. The summed E-state index contributed by atoms with van der Waals surface area (Å²) >= 11 is 0. The summed E-state index contributed by atoms with van der Waals surface area (Å²) in [5, 5.41) is 5.79. The van der Waals surface area contributed by atoms with Gasteiger partial charge in [0.2, 0.25) is 11.8 Å². The van der Waals surface area contributed by atoms with Crippen molar-refractivity contribution in [2.24, 2.45) is 5.41 Å². The Hall–Kier alpha value is -2.82. The average molecular weight is 352 g/mol. The van der Waals surface area contributed by atoms with Crippen molar-refractivity contribution in [2.45, 2.75) is 33.6 Å². The fourth-order valence-electron chi connectivity index (χ4n) is 3.04. The van der Waals surface area contributed by atoms with Crippen LogP contribution in [-0.2, 0) is 9.59 Å². The summed E-state index contributed by atoms with van der Waals surface area (Å²) < 4.78 is 5.30. The van der Waals surface area contributed by atoms with Crippen molar-refractivity contribution in [3.8, 4) is 5.75 Å². The molecule has 5 heteroatoms. The van der Waals surface area contributed by atoms with Crippen LogP contribution < -0.4 is 15.4 Å². The van der Waals surface area contributed by atoms with E-state index < -0.39 is 5.41 Å². The highest BCUT2D eigenvalue weighted by atomic mass is 16.5. The van der Waals surface area contributed by atoms with Gasteiger partial charge in [-0.3, -0.25) is 9.59 Å². The molecule has 2 amide bonds. The molecular formula is C21H24N2O3. The number of rotatable bonds is 5. The standard InChI is InChI=1S/C21H24N2O3/c1-13-5-7-16(15(3)11-13)22-19(24)21(9-10-21)20(25)23-17-12-14(2)6-8-18(17)26-4/h5-8,11-12H,9-10H2,1-4H3,(H,22,24)(H,23,25). The first-order valence-corrected chi connectivity index (χ1v) is 8.70. The van der Waals surface area contributed by atoms with Crippen LogP contribution in [-0.4, -0.2) is 18.9 Å². The summed E-state index contributed by atoms with van der Waals surface area (Å²) in [6, 6.07) is 11.4. The molecule has 3 rings (SSSR count). The highest BCUT2D eigenvalue weighted by Gasteiger charge is 2.56. The van der Waals surface area contributed by atoms with Gasteiger partial charge in [-0.05, 0) is 62.9 Å². The summed E-state index contributed by atoms with van der Waals surface area (Å²) in [7, 11) is 1.56. The maximum atomic E-state index is 12.8. The fraction of sp³-hybridized carbons (Fsp3) is 0.333. The number of carbonyl (C=O) groups is 2. The molecule has 2 N–H and O–H groups in total. The number of methoxy groups -OCH3 is 1. The first-order chi connectivity index (χ1) is 12.4. The molecule has 0 spiro atoms. The molecule has 0 atom stereocenters. The summed E-state index contributed by atoms with van der Waals surface area (Å²) in [4.78, 5) is 25.6. The van der Waals surface area contributed by atoms with Crippen molar-refractivity contribution >= 4 is 23.2 Å². The molecule has 2 aromatic carbocycles. The first kappa shape index (κ1) is 18.0. The maximum Gasteiger partial charge on any atom is 0.240 e. The van der Waals surface area contributed by atoms with E-state index in [0.29, 0.717) is 24.3 Å².